The largest absolute Gasteiger partial charge is 0.486 e. The fraction of sp³-hybridized carbons (Fsp3) is 0.286. The van der Waals surface area contributed by atoms with Crippen molar-refractivity contribution in [1.82, 2.24) is 0 Å². The molecule has 3 aromatic carbocycles. The molecule has 3 aromatic rings. The number of ether oxygens (including phenoxy) is 2. The maximum Gasteiger partial charge on any atom is 0.278 e. The van der Waals surface area contributed by atoms with Crippen molar-refractivity contribution in [3.8, 4) is 11.5 Å². The molecule has 3 aliphatic heterocycles. The van der Waals surface area contributed by atoms with Crippen LogP contribution in [0.2, 0.25) is 0 Å². The molecule has 0 N–H and O–H groups in total. The van der Waals surface area contributed by atoms with Crippen molar-refractivity contribution in [3.63, 3.8) is 0 Å². The minimum atomic E-state index is -0.366. The number of amides is 1. The van der Waals surface area contributed by atoms with Gasteiger partial charge in [0, 0.05) is 22.6 Å². The van der Waals surface area contributed by atoms with Gasteiger partial charge in [-0.25, -0.2) is 4.99 Å². The van der Waals surface area contributed by atoms with Crippen molar-refractivity contribution < 1.29 is 14.3 Å². The van der Waals surface area contributed by atoms with Crippen LogP contribution in [0.3, 0.4) is 0 Å². The van der Waals surface area contributed by atoms with Gasteiger partial charge in [0.25, 0.3) is 5.91 Å². The monoisotopic (exact) mass is 438 g/mol. The number of nitrogens with zero attached hydrogens (tertiary/aromatic N) is 2. The van der Waals surface area contributed by atoms with Crippen LogP contribution in [-0.4, -0.2) is 30.4 Å². The molecule has 166 valence electrons. The maximum absolute atomic E-state index is 13.8. The summed E-state index contributed by atoms with van der Waals surface area (Å²) < 4.78 is 11.3. The van der Waals surface area contributed by atoms with Gasteiger partial charge in [-0.2, -0.15) is 0 Å². The van der Waals surface area contributed by atoms with E-state index in [1.165, 1.54) is 11.1 Å². The van der Waals surface area contributed by atoms with E-state index in [0.29, 0.717) is 36.1 Å². The zero-order valence-corrected chi connectivity index (χ0v) is 19.1. The highest BCUT2D eigenvalue weighted by molar-refractivity contribution is 6.55. The summed E-state index contributed by atoms with van der Waals surface area (Å²) in [5.41, 5.74) is 4.90. The second-order valence-corrected chi connectivity index (χ2v) is 9.82. The number of hydrogen-bond donors (Lipinski definition) is 0. The molecular weight excluding hydrogens is 412 g/mol. The number of rotatable bonds is 2. The first-order chi connectivity index (χ1) is 15.9. The maximum atomic E-state index is 13.8. The molecule has 33 heavy (non-hydrogen) atoms. The van der Waals surface area contributed by atoms with Crippen LogP contribution in [0.15, 0.2) is 71.7 Å². The Morgan fingerprint density at radius 3 is 2.42 bits per heavy atom. The van der Waals surface area contributed by atoms with Gasteiger partial charge in [0.05, 0.1) is 11.4 Å². The van der Waals surface area contributed by atoms with Gasteiger partial charge in [0.2, 0.25) is 0 Å². The number of fused-ring (bicyclic) bond motifs is 1. The van der Waals surface area contributed by atoms with Crippen molar-refractivity contribution in [2.75, 3.05) is 18.1 Å². The van der Waals surface area contributed by atoms with E-state index in [9.17, 15) is 4.79 Å². The molecule has 0 fully saturated rings. The minimum absolute atomic E-state index is 0.0487. The number of anilines is 1. The highest BCUT2D eigenvalue weighted by Crippen LogP contribution is 2.54. The van der Waals surface area contributed by atoms with Gasteiger partial charge in [0.1, 0.15) is 18.9 Å². The number of aliphatic imine (C=N–C) groups is 1. The first-order valence-electron chi connectivity index (χ1n) is 11.4. The summed E-state index contributed by atoms with van der Waals surface area (Å²) in [6.45, 7) is 7.65. The molecule has 1 amide bonds. The molecule has 3 heterocycles. The lowest BCUT2D eigenvalue weighted by Crippen LogP contribution is -2.54. The summed E-state index contributed by atoms with van der Waals surface area (Å²) >= 11 is 0. The van der Waals surface area contributed by atoms with Gasteiger partial charge in [-0.15, -0.1) is 0 Å². The lowest BCUT2D eigenvalue weighted by atomic mass is 9.65. The summed E-state index contributed by atoms with van der Waals surface area (Å²) in [6.07, 6.45) is 0.823. The van der Waals surface area contributed by atoms with Gasteiger partial charge in [-0.05, 0) is 43.5 Å². The standard InChI is InChI=1S/C28H26N2O3/c1-27(2)17-28(3,18-8-5-4-6-9-18)21-11-7-10-20-24(26(31)30(27)25(20)21)29-19-12-13-22-23(16-19)33-15-14-32-22/h4-13,16H,14-15,17H2,1-3H3. The number of hydrogen-bond acceptors (Lipinski definition) is 4. The summed E-state index contributed by atoms with van der Waals surface area (Å²) in [6, 6.07) is 22.4. The van der Waals surface area contributed by atoms with Gasteiger partial charge in [0.15, 0.2) is 11.5 Å². The van der Waals surface area contributed by atoms with E-state index < -0.39 is 0 Å². The van der Waals surface area contributed by atoms with Crippen LogP contribution in [0.25, 0.3) is 0 Å². The molecule has 0 saturated carbocycles. The molecule has 0 bridgehead atoms. The van der Waals surface area contributed by atoms with Crippen molar-refractivity contribution >= 4 is 23.0 Å². The zero-order valence-electron chi connectivity index (χ0n) is 19.1. The smallest absolute Gasteiger partial charge is 0.278 e. The Kier molecular flexibility index (Phi) is 4.22. The van der Waals surface area contributed by atoms with Crippen molar-refractivity contribution in [1.29, 1.82) is 0 Å². The Balaban J connectivity index is 1.53. The van der Waals surface area contributed by atoms with E-state index in [4.69, 9.17) is 14.5 Å². The number of para-hydroxylation sites is 1. The molecule has 0 spiro atoms. The fourth-order valence-corrected chi connectivity index (χ4v) is 5.76. The minimum Gasteiger partial charge on any atom is -0.486 e. The average Bonchev–Trinajstić information content (AvgIpc) is 3.11. The van der Waals surface area contributed by atoms with E-state index >= 15 is 0 Å². The van der Waals surface area contributed by atoms with Crippen LogP contribution in [0.1, 0.15) is 43.9 Å². The second kappa shape index (κ2) is 6.95. The van der Waals surface area contributed by atoms with Crippen LogP contribution >= 0.6 is 0 Å². The highest BCUT2D eigenvalue weighted by Gasteiger charge is 2.53. The predicted octanol–water partition coefficient (Wildman–Crippen LogP) is 5.41. The van der Waals surface area contributed by atoms with E-state index in [1.54, 1.807) is 0 Å². The molecule has 1 atom stereocenters. The third-order valence-electron chi connectivity index (χ3n) is 7.08. The zero-order chi connectivity index (χ0) is 22.8. The van der Waals surface area contributed by atoms with Gasteiger partial charge in [-0.1, -0.05) is 55.5 Å². The Morgan fingerprint density at radius 2 is 1.64 bits per heavy atom. The summed E-state index contributed by atoms with van der Waals surface area (Å²) in [4.78, 5) is 20.6. The van der Waals surface area contributed by atoms with Crippen LogP contribution in [0.4, 0.5) is 11.4 Å². The fourth-order valence-electron chi connectivity index (χ4n) is 5.76. The molecule has 0 aliphatic carbocycles. The molecule has 3 aliphatic rings. The van der Waals surface area contributed by atoms with Crippen LogP contribution < -0.4 is 14.4 Å². The normalized spacial score (nSPS) is 23.5. The van der Waals surface area contributed by atoms with Gasteiger partial charge >= 0.3 is 0 Å². The third kappa shape index (κ3) is 2.92. The molecule has 0 saturated heterocycles. The highest BCUT2D eigenvalue weighted by atomic mass is 16.6. The second-order valence-electron chi connectivity index (χ2n) is 9.82. The molecule has 0 radical (unpaired) electrons. The van der Waals surface area contributed by atoms with Gasteiger partial charge < -0.3 is 14.4 Å². The lowest BCUT2D eigenvalue weighted by molar-refractivity contribution is -0.113. The number of carbonyl (C=O) groups is 1. The molecule has 6 rings (SSSR count). The van der Waals surface area contributed by atoms with Gasteiger partial charge in [-0.3, -0.25) is 4.79 Å². The van der Waals surface area contributed by atoms with Crippen molar-refractivity contribution in [2.45, 2.75) is 38.1 Å². The summed E-state index contributed by atoms with van der Waals surface area (Å²) in [5.74, 6) is 1.33. The SMILES string of the molecule is CC1(c2ccccc2)CC(C)(C)N2C(=O)C(=Nc3ccc4c(c3)OCCO4)c3cccc1c32. The Hall–Kier alpha value is -3.60. The molecular formula is C28H26N2O3. The van der Waals surface area contributed by atoms with Crippen molar-refractivity contribution in [2.24, 2.45) is 4.99 Å². The summed E-state index contributed by atoms with van der Waals surface area (Å²) in [7, 11) is 0. The Morgan fingerprint density at radius 1 is 0.879 bits per heavy atom. The Labute approximate surface area is 193 Å². The van der Waals surface area contributed by atoms with Crippen LogP contribution in [-0.2, 0) is 10.2 Å². The topological polar surface area (TPSA) is 51.1 Å². The predicted molar refractivity (Wildman–Crippen MR) is 129 cm³/mol. The quantitative estimate of drug-likeness (QED) is 0.537. The third-order valence-corrected chi connectivity index (χ3v) is 7.08. The first kappa shape index (κ1) is 20.0. The van der Waals surface area contributed by atoms with E-state index in [1.807, 2.05) is 41.3 Å². The van der Waals surface area contributed by atoms with E-state index in [-0.39, 0.29) is 16.9 Å². The van der Waals surface area contributed by atoms with Crippen LogP contribution in [0, 0.1) is 0 Å². The van der Waals surface area contributed by atoms with Crippen LogP contribution in [0.5, 0.6) is 11.5 Å². The number of benzene rings is 3. The summed E-state index contributed by atoms with van der Waals surface area (Å²) in [5, 5.41) is 0. The average molecular weight is 439 g/mol. The Bertz CT molecular complexity index is 1310. The molecule has 1 unspecified atom stereocenters. The first-order valence-corrected chi connectivity index (χ1v) is 11.4. The molecule has 0 aromatic heterocycles. The van der Waals surface area contributed by atoms with Crippen molar-refractivity contribution in [3.05, 3.63) is 83.4 Å². The number of carbonyl (C=O) groups excluding carboxylic acids is 1. The lowest BCUT2D eigenvalue weighted by Gasteiger charge is -2.49. The van der Waals surface area contributed by atoms with E-state index in [2.05, 4.69) is 51.1 Å². The van der Waals surface area contributed by atoms with E-state index in [0.717, 1.165) is 17.7 Å². The molecule has 5 nitrogen and oxygen atoms in total. The molecule has 5 heteroatoms.